The fourth-order valence-corrected chi connectivity index (χ4v) is 3.46. The third-order valence-electron chi connectivity index (χ3n) is 3.19. The smallest absolute Gasteiger partial charge is 0.234 e. The van der Waals surface area contributed by atoms with Crippen molar-refractivity contribution in [3.63, 3.8) is 0 Å². The van der Waals surface area contributed by atoms with E-state index < -0.39 is 0 Å². The summed E-state index contributed by atoms with van der Waals surface area (Å²) in [4.78, 5) is 16.4. The second kappa shape index (κ2) is 8.50. The molecule has 0 saturated heterocycles. The number of rotatable bonds is 5. The van der Waals surface area contributed by atoms with E-state index in [9.17, 15) is 4.79 Å². The molecular formula is C16H10Cl4N4OS. The number of aromatic amines is 1. The number of anilines is 1. The highest BCUT2D eigenvalue weighted by molar-refractivity contribution is 7.99. The minimum absolute atomic E-state index is 0.106. The van der Waals surface area contributed by atoms with Gasteiger partial charge in [-0.25, -0.2) is 4.98 Å². The van der Waals surface area contributed by atoms with Crippen LogP contribution in [0.2, 0.25) is 20.1 Å². The normalized spacial score (nSPS) is 10.8. The summed E-state index contributed by atoms with van der Waals surface area (Å²) in [6, 6.07) is 9.92. The maximum atomic E-state index is 12.1. The molecule has 2 aromatic carbocycles. The lowest BCUT2D eigenvalue weighted by Crippen LogP contribution is -2.14. The molecule has 0 spiro atoms. The standard InChI is InChI=1S/C16H10Cl4N4OS/c17-8-1-3-10(12(20)5-8)15-22-16(24-23-15)26-7-14(25)21-13-6-9(18)2-4-11(13)19/h1-6H,7H2,(H,21,25)(H,22,23,24). The van der Waals surface area contributed by atoms with Gasteiger partial charge in [0.2, 0.25) is 11.1 Å². The number of amides is 1. The summed E-state index contributed by atoms with van der Waals surface area (Å²) < 4.78 is 0. The second-order valence-electron chi connectivity index (χ2n) is 5.05. The van der Waals surface area contributed by atoms with Crippen molar-refractivity contribution >= 4 is 69.8 Å². The van der Waals surface area contributed by atoms with E-state index in [1.807, 2.05) is 0 Å². The van der Waals surface area contributed by atoms with Crippen molar-refractivity contribution in [2.24, 2.45) is 0 Å². The Morgan fingerprint density at radius 2 is 1.77 bits per heavy atom. The van der Waals surface area contributed by atoms with Gasteiger partial charge in [0.05, 0.1) is 21.5 Å². The lowest BCUT2D eigenvalue weighted by molar-refractivity contribution is -0.113. The molecule has 3 rings (SSSR count). The summed E-state index contributed by atoms with van der Waals surface area (Å²) in [6.07, 6.45) is 0. The van der Waals surface area contributed by atoms with E-state index >= 15 is 0 Å². The summed E-state index contributed by atoms with van der Waals surface area (Å²) in [6.45, 7) is 0. The third-order valence-corrected chi connectivity index (χ3v) is 5.15. The molecule has 0 aliphatic heterocycles. The summed E-state index contributed by atoms with van der Waals surface area (Å²) in [7, 11) is 0. The molecule has 0 atom stereocenters. The zero-order chi connectivity index (χ0) is 18.7. The Kier molecular flexibility index (Phi) is 6.32. The summed E-state index contributed by atoms with van der Waals surface area (Å²) in [5.41, 5.74) is 1.12. The number of carbonyl (C=O) groups is 1. The van der Waals surface area contributed by atoms with Gasteiger partial charge in [0.15, 0.2) is 5.82 Å². The number of hydrogen-bond donors (Lipinski definition) is 2. The van der Waals surface area contributed by atoms with Crippen LogP contribution in [0.15, 0.2) is 41.6 Å². The van der Waals surface area contributed by atoms with E-state index in [4.69, 9.17) is 46.4 Å². The molecule has 0 aliphatic carbocycles. The van der Waals surface area contributed by atoms with Crippen LogP contribution in [0.3, 0.4) is 0 Å². The van der Waals surface area contributed by atoms with Crippen LogP contribution < -0.4 is 5.32 Å². The van der Waals surface area contributed by atoms with Gasteiger partial charge in [0.1, 0.15) is 0 Å². The predicted molar refractivity (Wildman–Crippen MR) is 108 cm³/mol. The molecule has 134 valence electrons. The number of thioether (sulfide) groups is 1. The summed E-state index contributed by atoms with van der Waals surface area (Å²) >= 11 is 25.1. The van der Waals surface area contributed by atoms with Crippen molar-refractivity contribution in [1.82, 2.24) is 15.2 Å². The van der Waals surface area contributed by atoms with E-state index in [-0.39, 0.29) is 11.7 Å². The SMILES string of the molecule is O=C(CSc1n[nH]c(-c2ccc(Cl)cc2Cl)n1)Nc1cc(Cl)ccc1Cl. The van der Waals surface area contributed by atoms with E-state index in [1.54, 1.807) is 36.4 Å². The van der Waals surface area contributed by atoms with Crippen molar-refractivity contribution < 1.29 is 4.79 Å². The lowest BCUT2D eigenvalue weighted by Gasteiger charge is -2.06. The number of H-pyrrole nitrogens is 1. The predicted octanol–water partition coefficient (Wildman–Crippen LogP) is 5.82. The van der Waals surface area contributed by atoms with Crippen LogP contribution in [0.4, 0.5) is 5.69 Å². The van der Waals surface area contributed by atoms with Crippen LogP contribution >= 0.6 is 58.2 Å². The molecule has 0 bridgehead atoms. The fourth-order valence-electron chi connectivity index (χ4n) is 2.02. The number of benzene rings is 2. The average molecular weight is 448 g/mol. The lowest BCUT2D eigenvalue weighted by atomic mass is 10.2. The van der Waals surface area contributed by atoms with Crippen LogP contribution in [-0.2, 0) is 4.79 Å². The van der Waals surface area contributed by atoms with Crippen LogP contribution in [0.1, 0.15) is 0 Å². The van der Waals surface area contributed by atoms with E-state index in [0.29, 0.717) is 42.3 Å². The highest BCUT2D eigenvalue weighted by atomic mass is 35.5. The van der Waals surface area contributed by atoms with Crippen LogP contribution in [0, 0.1) is 0 Å². The van der Waals surface area contributed by atoms with Crippen LogP contribution in [0.5, 0.6) is 0 Å². The van der Waals surface area contributed by atoms with Gasteiger partial charge in [-0.15, -0.1) is 5.10 Å². The van der Waals surface area contributed by atoms with Gasteiger partial charge in [-0.2, -0.15) is 0 Å². The maximum Gasteiger partial charge on any atom is 0.234 e. The molecule has 3 aromatic rings. The Morgan fingerprint density at radius 1 is 1.04 bits per heavy atom. The summed E-state index contributed by atoms with van der Waals surface area (Å²) in [5.74, 6) is 0.344. The monoisotopic (exact) mass is 446 g/mol. The molecule has 0 saturated carbocycles. The molecule has 5 nitrogen and oxygen atoms in total. The molecule has 1 aromatic heterocycles. The molecular weight excluding hydrogens is 438 g/mol. The molecule has 10 heteroatoms. The molecule has 0 radical (unpaired) electrons. The largest absolute Gasteiger partial charge is 0.324 e. The molecule has 0 unspecified atom stereocenters. The molecule has 26 heavy (non-hydrogen) atoms. The molecule has 0 fully saturated rings. The Hall–Kier alpha value is -1.44. The van der Waals surface area contributed by atoms with Gasteiger partial charge in [0, 0.05) is 15.6 Å². The Bertz CT molecular complexity index is 963. The first-order chi connectivity index (χ1) is 12.4. The van der Waals surface area contributed by atoms with Gasteiger partial charge >= 0.3 is 0 Å². The first kappa shape index (κ1) is 19.3. The number of nitrogens with one attached hydrogen (secondary N) is 2. The summed E-state index contributed by atoms with van der Waals surface area (Å²) in [5, 5.41) is 11.9. The highest BCUT2D eigenvalue weighted by Crippen LogP contribution is 2.29. The minimum atomic E-state index is -0.255. The maximum absolute atomic E-state index is 12.1. The molecule has 1 heterocycles. The number of halogens is 4. The Balaban J connectivity index is 1.62. The number of nitrogens with zero attached hydrogens (tertiary/aromatic N) is 2. The first-order valence-electron chi connectivity index (χ1n) is 7.18. The highest BCUT2D eigenvalue weighted by Gasteiger charge is 2.12. The van der Waals surface area contributed by atoms with Gasteiger partial charge in [-0.1, -0.05) is 58.2 Å². The number of carbonyl (C=O) groups excluding carboxylic acids is 1. The molecule has 2 N–H and O–H groups in total. The molecule has 1 amide bonds. The van der Waals surface area contributed by atoms with Crippen LogP contribution in [0.25, 0.3) is 11.4 Å². The third kappa shape index (κ3) is 4.84. The zero-order valence-corrected chi connectivity index (χ0v) is 16.7. The Labute approximate surface area is 173 Å². The quantitative estimate of drug-likeness (QED) is 0.483. The average Bonchev–Trinajstić information content (AvgIpc) is 3.05. The molecule has 0 aliphatic rings. The number of hydrogen-bond acceptors (Lipinski definition) is 4. The van der Waals surface area contributed by atoms with Crippen molar-refractivity contribution in [2.45, 2.75) is 5.16 Å². The van der Waals surface area contributed by atoms with Crippen molar-refractivity contribution in [2.75, 3.05) is 11.1 Å². The van der Waals surface area contributed by atoms with Gasteiger partial charge < -0.3 is 5.32 Å². The number of aromatic nitrogens is 3. The minimum Gasteiger partial charge on any atom is -0.324 e. The second-order valence-corrected chi connectivity index (χ2v) is 7.68. The van der Waals surface area contributed by atoms with E-state index in [1.165, 1.54) is 11.8 Å². The van der Waals surface area contributed by atoms with Gasteiger partial charge in [-0.05, 0) is 36.4 Å². The van der Waals surface area contributed by atoms with Crippen molar-refractivity contribution in [3.8, 4) is 11.4 Å². The van der Waals surface area contributed by atoms with Crippen molar-refractivity contribution in [1.29, 1.82) is 0 Å². The van der Waals surface area contributed by atoms with Gasteiger partial charge in [0.25, 0.3) is 0 Å². The van der Waals surface area contributed by atoms with Crippen molar-refractivity contribution in [3.05, 3.63) is 56.5 Å². The van der Waals surface area contributed by atoms with Gasteiger partial charge in [-0.3, -0.25) is 9.89 Å². The Morgan fingerprint density at radius 3 is 2.54 bits per heavy atom. The van der Waals surface area contributed by atoms with Crippen LogP contribution in [-0.4, -0.2) is 26.8 Å². The fraction of sp³-hybridized carbons (Fsp3) is 0.0625. The van der Waals surface area contributed by atoms with E-state index in [2.05, 4.69) is 20.5 Å². The topological polar surface area (TPSA) is 70.7 Å². The zero-order valence-electron chi connectivity index (χ0n) is 12.9. The first-order valence-corrected chi connectivity index (χ1v) is 9.67. The van der Waals surface area contributed by atoms with E-state index in [0.717, 1.165) is 0 Å².